The Bertz CT molecular complexity index is 941. The number of hydrogen-bond donors (Lipinski definition) is 0. The molecule has 2 fully saturated rings. The van der Waals surface area contributed by atoms with Crippen molar-refractivity contribution in [2.75, 3.05) is 26.2 Å². The van der Waals surface area contributed by atoms with Gasteiger partial charge in [0.15, 0.2) is 0 Å². The van der Waals surface area contributed by atoms with Crippen molar-refractivity contribution in [1.82, 2.24) is 24.8 Å². The molecule has 0 saturated carbocycles. The summed E-state index contributed by atoms with van der Waals surface area (Å²) in [6, 6.07) is 6.97. The molecule has 0 spiro atoms. The number of piperidine rings is 1. The summed E-state index contributed by atoms with van der Waals surface area (Å²) in [5, 5.41) is 8.38. The van der Waals surface area contributed by atoms with Crippen LogP contribution in [0.4, 0.5) is 0 Å². The Labute approximate surface area is 169 Å². The minimum Gasteiger partial charge on any atom is -0.342 e. The lowest BCUT2D eigenvalue weighted by atomic mass is 9.95. The van der Waals surface area contributed by atoms with Crippen molar-refractivity contribution in [3.63, 3.8) is 0 Å². The Morgan fingerprint density at radius 1 is 0.931 bits per heavy atom. The van der Waals surface area contributed by atoms with Gasteiger partial charge in [0, 0.05) is 32.1 Å². The largest absolute Gasteiger partial charge is 0.342 e. The minimum absolute atomic E-state index is 0.000308. The second kappa shape index (κ2) is 8.71. The van der Waals surface area contributed by atoms with Gasteiger partial charge in [-0.15, -0.1) is 5.10 Å². The van der Waals surface area contributed by atoms with Gasteiger partial charge in [0.1, 0.15) is 12.1 Å². The van der Waals surface area contributed by atoms with Crippen LogP contribution in [0.25, 0.3) is 10.9 Å². The third kappa shape index (κ3) is 4.31. The number of rotatable bonds is 3. The topological polar surface area (TPSA) is 88.4 Å². The second-order valence-electron chi connectivity index (χ2n) is 7.96. The zero-order valence-corrected chi connectivity index (χ0v) is 16.6. The molecule has 0 aliphatic carbocycles. The predicted octanol–water partition coefficient (Wildman–Crippen LogP) is 1.43. The lowest BCUT2D eigenvalue weighted by molar-refractivity contribution is -0.141. The highest BCUT2D eigenvalue weighted by Gasteiger charge is 2.30. The highest BCUT2D eigenvalue weighted by atomic mass is 16.2. The Kier molecular flexibility index (Phi) is 5.87. The van der Waals surface area contributed by atoms with Crippen LogP contribution in [0.3, 0.4) is 0 Å². The molecule has 8 heteroatoms. The van der Waals surface area contributed by atoms with Crippen molar-refractivity contribution in [3.8, 4) is 0 Å². The molecule has 4 rings (SSSR count). The van der Waals surface area contributed by atoms with Crippen molar-refractivity contribution < 1.29 is 9.59 Å². The highest BCUT2D eigenvalue weighted by Crippen LogP contribution is 2.22. The van der Waals surface area contributed by atoms with Gasteiger partial charge in [-0.3, -0.25) is 14.4 Å². The number of carbonyl (C=O) groups excluding carboxylic acids is 2. The molecule has 1 aromatic heterocycles. The molecule has 0 unspecified atom stereocenters. The molecule has 3 heterocycles. The maximum Gasteiger partial charge on any atom is 0.278 e. The molecule has 2 aliphatic rings. The number of carbonyl (C=O) groups is 2. The Morgan fingerprint density at radius 3 is 2.34 bits per heavy atom. The summed E-state index contributed by atoms with van der Waals surface area (Å²) >= 11 is 0. The first-order valence-corrected chi connectivity index (χ1v) is 10.5. The number of amides is 2. The van der Waals surface area contributed by atoms with Crippen molar-refractivity contribution in [2.24, 2.45) is 5.92 Å². The first-order valence-electron chi connectivity index (χ1n) is 10.5. The fourth-order valence-electron chi connectivity index (χ4n) is 4.28. The Morgan fingerprint density at radius 2 is 1.62 bits per heavy atom. The number of hydrogen-bond acceptors (Lipinski definition) is 5. The first kappa shape index (κ1) is 19.5. The summed E-state index contributed by atoms with van der Waals surface area (Å²) in [5.74, 6) is 0.0910. The zero-order chi connectivity index (χ0) is 20.2. The van der Waals surface area contributed by atoms with Gasteiger partial charge in [-0.25, -0.2) is 4.68 Å². The van der Waals surface area contributed by atoms with Crippen LogP contribution >= 0.6 is 0 Å². The van der Waals surface area contributed by atoms with Gasteiger partial charge in [0.05, 0.1) is 5.39 Å². The summed E-state index contributed by atoms with van der Waals surface area (Å²) < 4.78 is 1.12. The lowest BCUT2D eigenvalue weighted by Crippen LogP contribution is -2.46. The van der Waals surface area contributed by atoms with Crippen LogP contribution in [0.1, 0.15) is 38.5 Å². The second-order valence-corrected chi connectivity index (χ2v) is 7.96. The van der Waals surface area contributed by atoms with Gasteiger partial charge in [-0.05, 0) is 37.8 Å². The van der Waals surface area contributed by atoms with Gasteiger partial charge < -0.3 is 9.80 Å². The molecule has 1 aromatic carbocycles. The molecule has 0 radical (unpaired) electrons. The Balaban J connectivity index is 1.35. The van der Waals surface area contributed by atoms with E-state index in [1.807, 2.05) is 4.90 Å². The molecular formula is C21H27N5O3. The van der Waals surface area contributed by atoms with E-state index in [0.717, 1.165) is 30.6 Å². The van der Waals surface area contributed by atoms with Crippen LogP contribution in [0.2, 0.25) is 0 Å². The molecular weight excluding hydrogens is 370 g/mol. The normalized spacial score (nSPS) is 18.6. The van der Waals surface area contributed by atoms with Crippen LogP contribution in [-0.2, 0) is 16.1 Å². The van der Waals surface area contributed by atoms with Crippen molar-refractivity contribution >= 4 is 22.7 Å². The summed E-state index contributed by atoms with van der Waals surface area (Å²) in [4.78, 5) is 41.8. The monoisotopic (exact) mass is 397 g/mol. The maximum absolute atomic E-state index is 12.8. The van der Waals surface area contributed by atoms with Gasteiger partial charge in [-0.2, -0.15) is 0 Å². The molecule has 29 heavy (non-hydrogen) atoms. The van der Waals surface area contributed by atoms with Crippen molar-refractivity contribution in [1.29, 1.82) is 0 Å². The number of likely N-dealkylation sites (tertiary alicyclic amines) is 2. The highest BCUT2D eigenvalue weighted by molar-refractivity contribution is 5.80. The maximum atomic E-state index is 12.8. The molecule has 8 nitrogen and oxygen atoms in total. The van der Waals surface area contributed by atoms with Crippen molar-refractivity contribution in [3.05, 3.63) is 34.6 Å². The molecule has 2 aliphatic heterocycles. The zero-order valence-electron chi connectivity index (χ0n) is 16.6. The van der Waals surface area contributed by atoms with E-state index in [1.165, 1.54) is 12.8 Å². The third-order valence-corrected chi connectivity index (χ3v) is 6.03. The van der Waals surface area contributed by atoms with Crippen LogP contribution in [0.5, 0.6) is 0 Å². The van der Waals surface area contributed by atoms with Gasteiger partial charge >= 0.3 is 0 Å². The molecule has 0 bridgehead atoms. The lowest BCUT2D eigenvalue weighted by Gasteiger charge is -2.34. The van der Waals surface area contributed by atoms with E-state index in [9.17, 15) is 14.4 Å². The van der Waals surface area contributed by atoms with Crippen LogP contribution in [-0.4, -0.2) is 62.8 Å². The van der Waals surface area contributed by atoms with Crippen molar-refractivity contribution in [2.45, 2.75) is 45.1 Å². The third-order valence-electron chi connectivity index (χ3n) is 6.03. The fourth-order valence-corrected chi connectivity index (χ4v) is 4.28. The van der Waals surface area contributed by atoms with Crippen LogP contribution in [0.15, 0.2) is 29.1 Å². The minimum atomic E-state index is -0.310. The number of fused-ring (bicyclic) bond motifs is 1. The smallest absolute Gasteiger partial charge is 0.278 e. The molecule has 154 valence electrons. The SMILES string of the molecule is O=C(Cn1nnc2ccccc2c1=O)N1CCC(C(=O)N2CCCCCC2)CC1. The average Bonchev–Trinajstić information content (AvgIpc) is 3.05. The van der Waals surface area contributed by atoms with E-state index in [2.05, 4.69) is 10.3 Å². The van der Waals surface area contributed by atoms with E-state index in [1.54, 1.807) is 29.2 Å². The van der Waals surface area contributed by atoms with E-state index >= 15 is 0 Å². The molecule has 2 aromatic rings. The van der Waals surface area contributed by atoms with E-state index in [-0.39, 0.29) is 29.8 Å². The standard InChI is InChI=1S/C21H27N5O3/c27-19(15-26-21(29)17-7-3-4-8-18(17)22-23-26)24-13-9-16(10-14-24)20(28)25-11-5-1-2-6-12-25/h3-4,7-8,16H,1-2,5-6,9-15H2. The number of benzene rings is 1. The van der Waals surface area contributed by atoms with Crippen LogP contribution in [0, 0.1) is 5.92 Å². The van der Waals surface area contributed by atoms with E-state index in [4.69, 9.17) is 0 Å². The van der Waals surface area contributed by atoms with E-state index < -0.39 is 0 Å². The summed E-state index contributed by atoms with van der Waals surface area (Å²) in [7, 11) is 0. The predicted molar refractivity (Wildman–Crippen MR) is 108 cm³/mol. The number of nitrogens with zero attached hydrogens (tertiary/aromatic N) is 5. The summed E-state index contributed by atoms with van der Waals surface area (Å²) in [5.41, 5.74) is 0.212. The molecule has 0 N–H and O–H groups in total. The van der Waals surface area contributed by atoms with Gasteiger partial charge in [0.2, 0.25) is 11.8 Å². The molecule has 2 amide bonds. The molecule has 0 atom stereocenters. The molecule has 2 saturated heterocycles. The quantitative estimate of drug-likeness (QED) is 0.782. The summed E-state index contributed by atoms with van der Waals surface area (Å²) in [6.45, 7) is 2.68. The average molecular weight is 397 g/mol. The number of aromatic nitrogens is 3. The van der Waals surface area contributed by atoms with Gasteiger partial charge in [0.25, 0.3) is 5.56 Å². The summed E-state index contributed by atoms with van der Waals surface area (Å²) in [6.07, 6.45) is 5.94. The van der Waals surface area contributed by atoms with Gasteiger partial charge in [-0.1, -0.05) is 30.2 Å². The Hall–Kier alpha value is -2.77. The fraction of sp³-hybridized carbons (Fsp3) is 0.571. The van der Waals surface area contributed by atoms with Crippen LogP contribution < -0.4 is 5.56 Å². The first-order chi connectivity index (χ1) is 14.1. The van der Waals surface area contributed by atoms with E-state index in [0.29, 0.717) is 36.8 Å².